The number of thioether (sulfide) groups is 1. The van der Waals surface area contributed by atoms with Crippen molar-refractivity contribution in [2.24, 2.45) is 44.7 Å². The highest BCUT2D eigenvalue weighted by atomic mass is 32.2. The molecule has 13 amide bonds. The van der Waals surface area contributed by atoms with Crippen molar-refractivity contribution < 1.29 is 62.3 Å². The van der Waals surface area contributed by atoms with E-state index in [1.54, 1.807) is 92.5 Å². The molecule has 34 nitrogen and oxygen atoms in total. The van der Waals surface area contributed by atoms with Gasteiger partial charge in [-0.2, -0.15) is 16.9 Å². The Morgan fingerprint density at radius 3 is 1.65 bits per heavy atom. The van der Waals surface area contributed by atoms with Crippen LogP contribution < -0.4 is 87.3 Å². The normalized spacial score (nSPS) is 15.7. The van der Waals surface area contributed by atoms with Crippen LogP contribution in [0.25, 0.3) is 10.9 Å². The summed E-state index contributed by atoms with van der Waals surface area (Å²) in [6, 6.07) is 13.0. The summed E-state index contributed by atoms with van der Waals surface area (Å²) in [5.41, 5.74) is 34.7. The summed E-state index contributed by atoms with van der Waals surface area (Å²) in [6.07, 6.45) is 29.0. The number of nitrogens with zero attached hydrogens (tertiary/aromatic N) is 4. The van der Waals surface area contributed by atoms with E-state index in [1.807, 2.05) is 30.5 Å². The molecule has 0 aliphatic carbocycles. The molecule has 0 radical (unpaired) electrons. The van der Waals surface area contributed by atoms with E-state index in [4.69, 9.17) is 28.7 Å². The Balaban J connectivity index is 1.05. The minimum atomic E-state index is -1.46. The molecule has 0 unspecified atom stereocenters. The van der Waals surface area contributed by atoms with Crippen LogP contribution in [0.4, 0.5) is 0 Å². The Morgan fingerprint density at radius 2 is 1.03 bits per heavy atom. The molecule has 1 aromatic heterocycles. The molecular weight excluding hydrogens is 1640 g/mol. The number of aromatic amines is 1. The fourth-order valence-electron chi connectivity index (χ4n) is 15.5. The molecule has 4 aromatic rings. The first-order valence-corrected chi connectivity index (χ1v) is 47.1. The standard InChI is InChI=1S/C92H143N21O13S/c1-5-6-7-8-9-10-11-12-13-14-15-16-17-18-25-47-78(114)98-52-35-53-100-80(116)62-104-103-61-79(115)99-50-31-29-42-70(82(95)117)105-89(124)81(63(2)3)111-88(123)77-46-34-55-113(77)91(126)72(43-28-30-49-93)107-85(120)73(57-64-36-21-19-22-37-64)108-86(121)75(59-66-60-102-69-41-27-26-40-67(66)69)109-83(118)71(44-32-51-101-92(96)97)106-84(119)74(58-65-38-23-20-24-39-65)110-87(122)76-45-33-54-112(76)90(125)68(94)48-56-127-4/h12-13,19-24,26-27,36-41,60,62-63,68,70-77,81,102-103H,5-11,14-18,25,28-35,42-59,61,93-94H2,1-4H3,(H2,95,117)(H,98,114)(H,99,115)(H,100,116)(H,105,124)(H,106,119)(H,107,120)(H,108,121)(H,109,118)(H,110,122)(H,111,123)(H4,96,97,101)/b13-12-,104-62+/t68-,70-,71-,72-,73-,74+,75+,76-,77-,81-/m0/s1. The number of carbonyl (C=O) groups is 13. The lowest BCUT2D eigenvalue weighted by atomic mass is 10.00. The van der Waals surface area contributed by atoms with E-state index in [1.165, 1.54) is 61.2 Å². The van der Waals surface area contributed by atoms with Crippen LogP contribution in [-0.2, 0) is 81.6 Å². The van der Waals surface area contributed by atoms with E-state index >= 15 is 19.2 Å². The van der Waals surface area contributed by atoms with Gasteiger partial charge < -0.3 is 102 Å². The van der Waals surface area contributed by atoms with Gasteiger partial charge in [0.2, 0.25) is 70.9 Å². The Labute approximate surface area is 752 Å². The zero-order valence-electron chi connectivity index (χ0n) is 74.9. The molecule has 35 heteroatoms. The van der Waals surface area contributed by atoms with Gasteiger partial charge in [0.15, 0.2) is 5.96 Å². The number of nitrogens with one attached hydrogen (secondary N) is 12. The summed E-state index contributed by atoms with van der Waals surface area (Å²) < 4.78 is 0. The number of rotatable bonds is 63. The first-order valence-electron chi connectivity index (χ1n) is 45.7. The molecule has 700 valence electrons. The Hall–Kier alpha value is -10.9. The highest BCUT2D eigenvalue weighted by molar-refractivity contribution is 7.98. The van der Waals surface area contributed by atoms with Gasteiger partial charge in [0.1, 0.15) is 67.1 Å². The van der Waals surface area contributed by atoms with Gasteiger partial charge >= 0.3 is 0 Å². The molecule has 127 heavy (non-hydrogen) atoms. The third kappa shape index (κ3) is 39.5. The van der Waals surface area contributed by atoms with Crippen molar-refractivity contribution in [1.82, 2.24) is 73.4 Å². The average molecular weight is 1780 g/mol. The van der Waals surface area contributed by atoms with Crippen LogP contribution in [0.3, 0.4) is 0 Å². The molecule has 6 rings (SSSR count). The number of aliphatic imine (C=N–C) groups is 1. The largest absolute Gasteiger partial charge is 0.370 e. The van der Waals surface area contributed by atoms with Crippen LogP contribution in [0.2, 0.25) is 0 Å². The molecule has 0 saturated carbocycles. The van der Waals surface area contributed by atoms with Gasteiger partial charge in [-0.05, 0) is 169 Å². The SMILES string of the molecule is CCCCCCCC/C=C\CCCCCCCC(=O)NCCCNC(=O)/C=N/NCC(=O)NCCCC[C@H](NC(=O)[C@@H](NC(=O)[C@@H]1CCCN1C(=O)[C@H](CCCCN)NC(=O)[C@H](Cc1ccccc1)NC(=O)[C@@H](Cc1c[nH]c2ccccc12)NC(=O)[C@H](CCCN=C(N)N)NC(=O)[C@@H](Cc1ccccc1)NC(=O)[C@@H]1CCCN1C(=O)[C@@H](N)CCSC)C(C)C)C(N)=O. The number of para-hydroxylation sites is 1. The van der Waals surface area contributed by atoms with Crippen LogP contribution in [0.5, 0.6) is 0 Å². The number of hydrazone groups is 1. The molecule has 2 fully saturated rings. The maximum atomic E-state index is 15.5. The summed E-state index contributed by atoms with van der Waals surface area (Å²) in [7, 11) is 0. The van der Waals surface area contributed by atoms with Crippen LogP contribution in [0, 0.1) is 5.92 Å². The number of primary amides is 1. The van der Waals surface area contributed by atoms with Crippen molar-refractivity contribution in [3.05, 3.63) is 120 Å². The summed E-state index contributed by atoms with van der Waals surface area (Å²) in [6.45, 7) is 7.02. The van der Waals surface area contributed by atoms with Gasteiger partial charge in [-0.3, -0.25) is 67.3 Å². The van der Waals surface area contributed by atoms with E-state index in [0.717, 1.165) is 49.2 Å². The molecule has 3 aromatic carbocycles. The quantitative estimate of drug-likeness (QED) is 0.00951. The number of guanidine groups is 1. The number of fused-ring (bicyclic) bond motifs is 1. The van der Waals surface area contributed by atoms with E-state index in [2.05, 4.69) is 92.7 Å². The van der Waals surface area contributed by atoms with Crippen LogP contribution in [0.15, 0.2) is 113 Å². The maximum Gasteiger partial charge on any atom is 0.264 e. The number of hydrogen-bond acceptors (Lipinski definition) is 19. The number of amides is 13. The van der Waals surface area contributed by atoms with Crippen molar-refractivity contribution in [2.45, 2.75) is 280 Å². The number of carbonyl (C=O) groups excluding carboxylic acids is 13. The topological polar surface area (TPSA) is 531 Å². The number of aromatic nitrogens is 1. The zero-order valence-corrected chi connectivity index (χ0v) is 75.7. The molecule has 0 bridgehead atoms. The fourth-order valence-corrected chi connectivity index (χ4v) is 15.9. The lowest BCUT2D eigenvalue weighted by Gasteiger charge is -2.32. The second-order valence-corrected chi connectivity index (χ2v) is 34.2. The van der Waals surface area contributed by atoms with Crippen LogP contribution >= 0.6 is 11.8 Å². The monoisotopic (exact) mass is 1780 g/mol. The second-order valence-electron chi connectivity index (χ2n) is 33.2. The molecule has 0 spiro atoms. The first kappa shape index (κ1) is 105. The third-order valence-electron chi connectivity index (χ3n) is 22.6. The molecule has 2 saturated heterocycles. The molecule has 22 N–H and O–H groups in total. The number of likely N-dealkylation sites (tertiary alicyclic amines) is 2. The highest BCUT2D eigenvalue weighted by Crippen LogP contribution is 2.25. The third-order valence-corrected chi connectivity index (χ3v) is 23.3. The van der Waals surface area contributed by atoms with E-state index < -0.39 is 131 Å². The molecule has 10 atom stereocenters. The van der Waals surface area contributed by atoms with Crippen molar-refractivity contribution in [3.63, 3.8) is 0 Å². The average Bonchev–Trinajstić information content (AvgIpc) is 1.71. The molecule has 2 aliphatic rings. The predicted octanol–water partition coefficient (Wildman–Crippen LogP) is 4.50. The van der Waals surface area contributed by atoms with Gasteiger partial charge in [0.05, 0.1) is 6.04 Å². The summed E-state index contributed by atoms with van der Waals surface area (Å²) in [5, 5.41) is 32.8. The highest BCUT2D eigenvalue weighted by Gasteiger charge is 2.42. The zero-order chi connectivity index (χ0) is 92.1. The van der Waals surface area contributed by atoms with Crippen molar-refractivity contribution in [3.8, 4) is 0 Å². The number of H-pyrrole nitrogens is 1. The minimum absolute atomic E-state index is 0.00763. The summed E-state index contributed by atoms with van der Waals surface area (Å²) in [5.74, 6) is -7.96. The number of hydrogen-bond donors (Lipinski definition) is 17. The Kier molecular flexibility index (Phi) is 49.5. The predicted molar refractivity (Wildman–Crippen MR) is 497 cm³/mol. The number of benzene rings is 3. The smallest absolute Gasteiger partial charge is 0.264 e. The minimum Gasteiger partial charge on any atom is -0.370 e. The number of unbranched alkanes of at least 4 members (excludes halogenated alkanes) is 13. The van der Waals surface area contributed by atoms with E-state index in [0.29, 0.717) is 106 Å². The van der Waals surface area contributed by atoms with Gasteiger partial charge in [-0.1, -0.05) is 163 Å². The summed E-state index contributed by atoms with van der Waals surface area (Å²) >= 11 is 1.54. The Morgan fingerprint density at radius 1 is 0.520 bits per heavy atom. The van der Waals surface area contributed by atoms with Crippen molar-refractivity contribution in [1.29, 1.82) is 0 Å². The fraction of sp³-hybridized carbons (Fsp3) is 0.598. The van der Waals surface area contributed by atoms with Gasteiger partial charge in [-0.15, -0.1) is 0 Å². The van der Waals surface area contributed by atoms with Gasteiger partial charge in [0, 0.05) is 82.1 Å². The molecular formula is C92H143N21O13S. The van der Waals surface area contributed by atoms with Crippen LogP contribution in [0.1, 0.15) is 217 Å². The van der Waals surface area contributed by atoms with E-state index in [9.17, 15) is 43.2 Å². The molecule has 2 aliphatic heterocycles. The first-order chi connectivity index (χ1) is 61.3. The van der Waals surface area contributed by atoms with Crippen molar-refractivity contribution in [2.75, 3.05) is 64.4 Å². The van der Waals surface area contributed by atoms with Gasteiger partial charge in [-0.25, -0.2) is 0 Å². The lowest BCUT2D eigenvalue weighted by Crippen LogP contribution is -2.61. The van der Waals surface area contributed by atoms with E-state index in [-0.39, 0.29) is 102 Å². The van der Waals surface area contributed by atoms with Crippen molar-refractivity contribution >= 4 is 112 Å². The second kappa shape index (κ2) is 59.9. The molecule has 3 heterocycles. The van der Waals surface area contributed by atoms with Crippen LogP contribution in [-0.4, -0.2) is 229 Å². The number of allylic oxidation sites excluding steroid dienone is 2. The number of nitrogens with two attached hydrogens (primary N) is 5. The lowest BCUT2D eigenvalue weighted by molar-refractivity contribution is -0.143. The maximum absolute atomic E-state index is 15.5. The summed E-state index contributed by atoms with van der Waals surface area (Å²) in [4.78, 5) is 193. The van der Waals surface area contributed by atoms with Gasteiger partial charge in [0.25, 0.3) is 5.91 Å². The Bertz CT molecular complexity index is 4170.